The second kappa shape index (κ2) is 6.62. The van der Waals surface area contributed by atoms with Crippen LogP contribution in [0.2, 0.25) is 0 Å². The van der Waals surface area contributed by atoms with Crippen LogP contribution in [-0.4, -0.2) is 13.2 Å². The van der Waals surface area contributed by atoms with Crippen LogP contribution in [0.3, 0.4) is 0 Å². The molecule has 100 valence electrons. The van der Waals surface area contributed by atoms with Crippen LogP contribution < -0.4 is 10.1 Å². The van der Waals surface area contributed by atoms with Crippen LogP contribution in [0, 0.1) is 5.82 Å². The van der Waals surface area contributed by atoms with Crippen LogP contribution in [0.15, 0.2) is 18.2 Å². The second-order valence-corrected chi connectivity index (χ2v) is 5.07. The Kier molecular flexibility index (Phi) is 4.85. The molecule has 0 radical (unpaired) electrons. The van der Waals surface area contributed by atoms with E-state index in [2.05, 4.69) is 5.32 Å². The maximum absolute atomic E-state index is 13.4. The molecule has 2 nitrogen and oxygen atoms in total. The van der Waals surface area contributed by atoms with Crippen molar-refractivity contribution in [2.24, 2.45) is 0 Å². The molecule has 0 aromatic heterocycles. The molecule has 0 heterocycles. The molecule has 0 aliphatic heterocycles. The standard InChI is InChI=1S/C15H22FNO/c1-18-15-10-12(16)9-14(11-15)17-13-7-5-3-2-4-6-8-13/h9-11,13,17H,2-8H2,1H3. The zero-order chi connectivity index (χ0) is 12.8. The summed E-state index contributed by atoms with van der Waals surface area (Å²) in [7, 11) is 1.56. The fourth-order valence-electron chi connectivity index (χ4n) is 2.60. The monoisotopic (exact) mass is 251 g/mol. The van der Waals surface area contributed by atoms with Gasteiger partial charge in [-0.1, -0.05) is 32.1 Å². The molecule has 1 aliphatic carbocycles. The molecular weight excluding hydrogens is 229 g/mol. The molecule has 0 amide bonds. The van der Waals surface area contributed by atoms with Crippen molar-refractivity contribution in [1.29, 1.82) is 0 Å². The van der Waals surface area contributed by atoms with Crippen molar-refractivity contribution in [2.75, 3.05) is 12.4 Å². The maximum Gasteiger partial charge on any atom is 0.128 e. The largest absolute Gasteiger partial charge is 0.497 e. The first-order valence-corrected chi connectivity index (χ1v) is 6.89. The van der Waals surface area contributed by atoms with Gasteiger partial charge in [0.1, 0.15) is 11.6 Å². The van der Waals surface area contributed by atoms with Gasteiger partial charge in [-0.05, 0) is 18.9 Å². The topological polar surface area (TPSA) is 21.3 Å². The molecule has 18 heavy (non-hydrogen) atoms. The average molecular weight is 251 g/mol. The Balaban J connectivity index is 2.00. The van der Waals surface area contributed by atoms with Gasteiger partial charge in [0.25, 0.3) is 0 Å². The number of ether oxygens (including phenoxy) is 1. The molecular formula is C15H22FNO. The molecule has 1 N–H and O–H groups in total. The Morgan fingerprint density at radius 3 is 2.39 bits per heavy atom. The Morgan fingerprint density at radius 1 is 1.06 bits per heavy atom. The predicted octanol–water partition coefficient (Wildman–Crippen LogP) is 4.36. The highest BCUT2D eigenvalue weighted by Gasteiger charge is 2.12. The van der Waals surface area contributed by atoms with Gasteiger partial charge in [0, 0.05) is 23.9 Å². The minimum Gasteiger partial charge on any atom is -0.497 e. The lowest BCUT2D eigenvalue weighted by molar-refractivity contribution is 0.411. The molecule has 0 unspecified atom stereocenters. The van der Waals surface area contributed by atoms with Crippen molar-refractivity contribution >= 4 is 5.69 Å². The summed E-state index contributed by atoms with van der Waals surface area (Å²) in [5.41, 5.74) is 0.831. The third kappa shape index (κ3) is 3.90. The summed E-state index contributed by atoms with van der Waals surface area (Å²) in [6, 6.07) is 5.28. The molecule has 1 fully saturated rings. The maximum atomic E-state index is 13.4. The number of methoxy groups -OCH3 is 1. The number of benzene rings is 1. The van der Waals surface area contributed by atoms with E-state index in [1.807, 2.05) is 6.07 Å². The van der Waals surface area contributed by atoms with E-state index in [4.69, 9.17) is 4.74 Å². The number of nitrogens with one attached hydrogen (secondary N) is 1. The van der Waals surface area contributed by atoms with Crippen LogP contribution in [0.4, 0.5) is 10.1 Å². The molecule has 0 saturated heterocycles. The van der Waals surface area contributed by atoms with Crippen molar-refractivity contribution in [3.8, 4) is 5.75 Å². The molecule has 1 aliphatic rings. The summed E-state index contributed by atoms with van der Waals surface area (Å²) in [4.78, 5) is 0. The first-order chi connectivity index (χ1) is 8.78. The number of rotatable bonds is 3. The van der Waals surface area contributed by atoms with Crippen molar-refractivity contribution in [1.82, 2.24) is 0 Å². The third-order valence-electron chi connectivity index (χ3n) is 3.58. The summed E-state index contributed by atoms with van der Waals surface area (Å²) in [6.07, 6.45) is 8.90. The van der Waals surface area contributed by atoms with Gasteiger partial charge < -0.3 is 10.1 Å². The van der Waals surface area contributed by atoms with E-state index < -0.39 is 0 Å². The Hall–Kier alpha value is -1.25. The van der Waals surface area contributed by atoms with Crippen molar-refractivity contribution in [3.63, 3.8) is 0 Å². The number of hydrogen-bond donors (Lipinski definition) is 1. The van der Waals surface area contributed by atoms with Crippen molar-refractivity contribution in [3.05, 3.63) is 24.0 Å². The lowest BCUT2D eigenvalue weighted by Crippen LogP contribution is -2.20. The van der Waals surface area contributed by atoms with E-state index in [-0.39, 0.29) is 5.82 Å². The minimum absolute atomic E-state index is 0.248. The van der Waals surface area contributed by atoms with E-state index in [1.54, 1.807) is 13.2 Å². The Morgan fingerprint density at radius 2 is 1.72 bits per heavy atom. The molecule has 1 aromatic rings. The van der Waals surface area contributed by atoms with Gasteiger partial charge in [0.2, 0.25) is 0 Å². The van der Waals surface area contributed by atoms with Crippen LogP contribution in [0.25, 0.3) is 0 Å². The van der Waals surface area contributed by atoms with Crippen molar-refractivity contribution < 1.29 is 9.13 Å². The predicted molar refractivity (Wildman–Crippen MR) is 72.7 cm³/mol. The fraction of sp³-hybridized carbons (Fsp3) is 0.600. The van der Waals surface area contributed by atoms with Gasteiger partial charge >= 0.3 is 0 Å². The summed E-state index contributed by atoms with van der Waals surface area (Å²) in [5.74, 6) is 0.325. The highest BCUT2D eigenvalue weighted by molar-refractivity contribution is 5.49. The molecule has 0 bridgehead atoms. The summed E-state index contributed by atoms with van der Waals surface area (Å²) < 4.78 is 18.5. The average Bonchev–Trinajstić information content (AvgIpc) is 2.31. The third-order valence-corrected chi connectivity index (χ3v) is 3.58. The Labute approximate surface area is 109 Å². The SMILES string of the molecule is COc1cc(F)cc(NC2CCCCCCC2)c1. The molecule has 1 aromatic carbocycles. The number of anilines is 1. The van der Waals surface area contributed by atoms with Gasteiger partial charge in [0.15, 0.2) is 0 Å². The quantitative estimate of drug-likeness (QED) is 0.861. The van der Waals surface area contributed by atoms with E-state index in [9.17, 15) is 4.39 Å². The summed E-state index contributed by atoms with van der Waals surface area (Å²) in [6.45, 7) is 0. The van der Waals surface area contributed by atoms with E-state index >= 15 is 0 Å². The highest BCUT2D eigenvalue weighted by atomic mass is 19.1. The summed E-state index contributed by atoms with van der Waals surface area (Å²) in [5, 5.41) is 3.44. The fourth-order valence-corrected chi connectivity index (χ4v) is 2.60. The van der Waals surface area contributed by atoms with Gasteiger partial charge in [-0.3, -0.25) is 0 Å². The molecule has 0 spiro atoms. The lowest BCUT2D eigenvalue weighted by atomic mass is 9.96. The van der Waals surface area contributed by atoms with Crippen LogP contribution >= 0.6 is 0 Å². The zero-order valence-corrected chi connectivity index (χ0v) is 11.0. The summed E-state index contributed by atoms with van der Waals surface area (Å²) >= 11 is 0. The molecule has 0 atom stereocenters. The van der Waals surface area contributed by atoms with Crippen molar-refractivity contribution in [2.45, 2.75) is 51.0 Å². The first-order valence-electron chi connectivity index (χ1n) is 6.89. The normalized spacial score (nSPS) is 17.9. The van der Waals surface area contributed by atoms with E-state index in [0.29, 0.717) is 11.8 Å². The van der Waals surface area contributed by atoms with Gasteiger partial charge in [0.05, 0.1) is 7.11 Å². The first kappa shape index (κ1) is 13.2. The van der Waals surface area contributed by atoms with E-state index in [1.165, 1.54) is 51.0 Å². The number of halogens is 1. The van der Waals surface area contributed by atoms with Crippen LogP contribution in [0.5, 0.6) is 5.75 Å². The minimum atomic E-state index is -0.248. The highest BCUT2D eigenvalue weighted by Crippen LogP contribution is 2.24. The van der Waals surface area contributed by atoms with Gasteiger partial charge in [-0.15, -0.1) is 0 Å². The van der Waals surface area contributed by atoms with E-state index in [0.717, 1.165) is 5.69 Å². The molecule has 3 heteroatoms. The van der Waals surface area contributed by atoms with Crippen LogP contribution in [-0.2, 0) is 0 Å². The molecule has 2 rings (SSSR count). The zero-order valence-electron chi connectivity index (χ0n) is 11.0. The second-order valence-electron chi connectivity index (χ2n) is 5.07. The van der Waals surface area contributed by atoms with Crippen LogP contribution in [0.1, 0.15) is 44.9 Å². The lowest BCUT2D eigenvalue weighted by Gasteiger charge is -2.22. The smallest absolute Gasteiger partial charge is 0.128 e. The number of hydrogen-bond acceptors (Lipinski definition) is 2. The molecule has 1 saturated carbocycles. The van der Waals surface area contributed by atoms with Gasteiger partial charge in [-0.25, -0.2) is 4.39 Å². The Bertz CT molecular complexity index is 373. The van der Waals surface area contributed by atoms with Gasteiger partial charge in [-0.2, -0.15) is 0 Å².